The largest absolute Gasteiger partial charge is 0.351 e. The maximum atomic E-state index is 13.1. The normalized spacial score (nSPS) is 19.1. The Morgan fingerprint density at radius 1 is 1.28 bits per heavy atom. The summed E-state index contributed by atoms with van der Waals surface area (Å²) < 4.78 is 1.38. The third-order valence-corrected chi connectivity index (χ3v) is 7.75. The average Bonchev–Trinajstić information content (AvgIpc) is 3.13. The highest BCUT2D eigenvalue weighted by molar-refractivity contribution is 7.20. The summed E-state index contributed by atoms with van der Waals surface area (Å²) in [4.78, 5) is 45.9. The third kappa shape index (κ3) is 4.95. The Kier molecular flexibility index (Phi) is 7.08. The Hall–Kier alpha value is -2.48. The molecule has 4 rings (SSSR count). The first kappa shape index (κ1) is 22.7. The van der Waals surface area contributed by atoms with Gasteiger partial charge in [0.2, 0.25) is 5.91 Å². The lowest BCUT2D eigenvalue weighted by Crippen LogP contribution is -2.42. The van der Waals surface area contributed by atoms with Gasteiger partial charge in [-0.25, -0.2) is 4.98 Å². The second-order valence-electron chi connectivity index (χ2n) is 9.12. The summed E-state index contributed by atoms with van der Waals surface area (Å²) >= 11 is 1.24. The van der Waals surface area contributed by atoms with Gasteiger partial charge < -0.3 is 10.2 Å². The van der Waals surface area contributed by atoms with Gasteiger partial charge in [0, 0.05) is 19.6 Å². The highest BCUT2D eigenvalue weighted by Gasteiger charge is 2.23. The standard InChI is InChI=1S/C24H32N4O3S/c1-16-7-6-12-27(13-16)19(29)14-28-15-26-23-20(24(28)31)17(2)21(32-23)22(30)25-11-10-18-8-4-3-5-9-18/h8,15-16H,3-7,9-14H2,1-2H3,(H,25,30). The highest BCUT2D eigenvalue weighted by Crippen LogP contribution is 2.27. The number of nitrogens with one attached hydrogen (secondary N) is 1. The van der Waals surface area contributed by atoms with E-state index in [1.165, 1.54) is 40.6 Å². The van der Waals surface area contributed by atoms with Crippen molar-refractivity contribution in [1.82, 2.24) is 19.8 Å². The zero-order chi connectivity index (χ0) is 22.7. The first-order valence-electron chi connectivity index (χ1n) is 11.7. The molecule has 0 radical (unpaired) electrons. The number of hydrogen-bond donors (Lipinski definition) is 1. The Balaban J connectivity index is 1.46. The van der Waals surface area contributed by atoms with Crippen LogP contribution in [0, 0.1) is 12.8 Å². The van der Waals surface area contributed by atoms with E-state index in [1.54, 1.807) is 6.92 Å². The summed E-state index contributed by atoms with van der Waals surface area (Å²) in [6.45, 7) is 6.00. The number of likely N-dealkylation sites (tertiary alicyclic amines) is 1. The number of allylic oxidation sites excluding steroid dienone is 1. The third-order valence-electron chi connectivity index (χ3n) is 6.56. The second kappa shape index (κ2) is 9.98. The molecule has 1 atom stereocenters. The van der Waals surface area contributed by atoms with Gasteiger partial charge in [0.05, 0.1) is 16.6 Å². The smallest absolute Gasteiger partial charge is 0.262 e. The number of rotatable bonds is 6. The van der Waals surface area contributed by atoms with Gasteiger partial charge in [-0.05, 0) is 63.4 Å². The van der Waals surface area contributed by atoms with Crippen LogP contribution in [0.25, 0.3) is 10.2 Å². The molecule has 7 nitrogen and oxygen atoms in total. The SMILES string of the molecule is Cc1c(C(=O)NCCC2=CCCCC2)sc2ncn(CC(=O)N3CCCC(C)C3)c(=O)c12. The lowest BCUT2D eigenvalue weighted by Gasteiger charge is -2.31. The maximum Gasteiger partial charge on any atom is 0.262 e. The number of carbonyl (C=O) groups is 2. The summed E-state index contributed by atoms with van der Waals surface area (Å²) in [6.07, 6.45) is 11.5. The van der Waals surface area contributed by atoms with Crippen molar-refractivity contribution >= 4 is 33.4 Å². The van der Waals surface area contributed by atoms with Crippen molar-refractivity contribution in [3.05, 3.63) is 38.8 Å². The van der Waals surface area contributed by atoms with Crippen LogP contribution in [-0.4, -0.2) is 45.9 Å². The zero-order valence-electron chi connectivity index (χ0n) is 19.0. The van der Waals surface area contributed by atoms with Crippen molar-refractivity contribution in [3.8, 4) is 0 Å². The fourth-order valence-corrected chi connectivity index (χ4v) is 5.75. The van der Waals surface area contributed by atoms with Crippen molar-refractivity contribution in [2.75, 3.05) is 19.6 Å². The fraction of sp³-hybridized carbons (Fsp3) is 0.583. The van der Waals surface area contributed by atoms with Gasteiger partial charge in [-0.2, -0.15) is 0 Å². The summed E-state index contributed by atoms with van der Waals surface area (Å²) in [5.41, 5.74) is 1.81. The molecule has 1 N–H and O–H groups in total. The molecule has 1 unspecified atom stereocenters. The van der Waals surface area contributed by atoms with Gasteiger partial charge in [0.1, 0.15) is 11.4 Å². The molecule has 0 bridgehead atoms. The van der Waals surface area contributed by atoms with Crippen LogP contribution in [0.3, 0.4) is 0 Å². The Morgan fingerprint density at radius 3 is 2.88 bits per heavy atom. The molecule has 2 aromatic heterocycles. The highest BCUT2D eigenvalue weighted by atomic mass is 32.1. The molecule has 2 aliphatic rings. The monoisotopic (exact) mass is 456 g/mol. The number of carbonyl (C=O) groups excluding carboxylic acids is 2. The van der Waals surface area contributed by atoms with Gasteiger partial charge in [0.25, 0.3) is 11.5 Å². The fourth-order valence-electron chi connectivity index (χ4n) is 4.70. The van der Waals surface area contributed by atoms with Crippen LogP contribution in [0.15, 0.2) is 22.8 Å². The van der Waals surface area contributed by atoms with Crippen molar-refractivity contribution < 1.29 is 9.59 Å². The number of thiophene rings is 1. The Morgan fingerprint density at radius 2 is 2.12 bits per heavy atom. The molecule has 2 amide bonds. The molecule has 0 aromatic carbocycles. The molecule has 1 saturated heterocycles. The van der Waals surface area contributed by atoms with E-state index in [4.69, 9.17) is 0 Å². The average molecular weight is 457 g/mol. The molecular weight excluding hydrogens is 424 g/mol. The predicted molar refractivity (Wildman–Crippen MR) is 127 cm³/mol. The van der Waals surface area contributed by atoms with Gasteiger partial charge in [0.15, 0.2) is 0 Å². The minimum atomic E-state index is -0.256. The van der Waals surface area contributed by atoms with E-state index in [1.807, 2.05) is 4.90 Å². The van der Waals surface area contributed by atoms with Crippen LogP contribution >= 0.6 is 11.3 Å². The van der Waals surface area contributed by atoms with Crippen LogP contribution in [0.2, 0.25) is 0 Å². The summed E-state index contributed by atoms with van der Waals surface area (Å²) in [6, 6.07) is 0. The van der Waals surface area contributed by atoms with Gasteiger partial charge in [-0.3, -0.25) is 19.0 Å². The number of fused-ring (bicyclic) bond motifs is 1. The van der Waals surface area contributed by atoms with E-state index in [9.17, 15) is 14.4 Å². The van der Waals surface area contributed by atoms with Gasteiger partial charge in [-0.15, -0.1) is 11.3 Å². The molecular formula is C24H32N4O3S. The molecule has 1 fully saturated rings. The van der Waals surface area contributed by atoms with Crippen LogP contribution in [0.4, 0.5) is 0 Å². The minimum absolute atomic E-state index is 0.0135. The van der Waals surface area contributed by atoms with E-state index >= 15 is 0 Å². The maximum absolute atomic E-state index is 13.1. The van der Waals surface area contributed by atoms with Crippen LogP contribution in [-0.2, 0) is 11.3 Å². The summed E-state index contributed by atoms with van der Waals surface area (Å²) in [5, 5.41) is 3.44. The first-order chi connectivity index (χ1) is 15.4. The van der Waals surface area contributed by atoms with E-state index in [0.29, 0.717) is 33.1 Å². The Bertz CT molecular complexity index is 1100. The molecule has 2 aromatic rings. The lowest BCUT2D eigenvalue weighted by atomic mass is 9.97. The van der Waals surface area contributed by atoms with Crippen molar-refractivity contribution in [2.45, 2.75) is 65.3 Å². The summed E-state index contributed by atoms with van der Waals surface area (Å²) in [5.74, 6) is 0.272. The van der Waals surface area contributed by atoms with E-state index in [0.717, 1.165) is 45.2 Å². The lowest BCUT2D eigenvalue weighted by molar-refractivity contribution is -0.133. The van der Waals surface area contributed by atoms with Gasteiger partial charge >= 0.3 is 0 Å². The number of aryl methyl sites for hydroxylation is 1. The second-order valence-corrected chi connectivity index (χ2v) is 10.1. The topological polar surface area (TPSA) is 84.3 Å². The van der Waals surface area contributed by atoms with Gasteiger partial charge in [-0.1, -0.05) is 18.6 Å². The van der Waals surface area contributed by atoms with Crippen molar-refractivity contribution in [3.63, 3.8) is 0 Å². The van der Waals surface area contributed by atoms with E-state index < -0.39 is 0 Å². The molecule has 0 spiro atoms. The van der Waals surface area contributed by atoms with Crippen LogP contribution in [0.5, 0.6) is 0 Å². The molecule has 172 valence electrons. The quantitative estimate of drug-likeness (QED) is 0.673. The zero-order valence-corrected chi connectivity index (χ0v) is 19.8. The van der Waals surface area contributed by atoms with E-state index in [2.05, 4.69) is 23.3 Å². The predicted octanol–water partition coefficient (Wildman–Crippen LogP) is 3.65. The summed E-state index contributed by atoms with van der Waals surface area (Å²) in [7, 11) is 0. The molecule has 32 heavy (non-hydrogen) atoms. The first-order valence-corrected chi connectivity index (χ1v) is 12.5. The van der Waals surface area contributed by atoms with Crippen molar-refractivity contribution in [1.29, 1.82) is 0 Å². The molecule has 8 heteroatoms. The number of aromatic nitrogens is 2. The number of nitrogens with zero attached hydrogens (tertiary/aromatic N) is 3. The number of hydrogen-bond acceptors (Lipinski definition) is 5. The number of amides is 2. The number of piperidine rings is 1. The van der Waals surface area contributed by atoms with Crippen molar-refractivity contribution in [2.24, 2.45) is 5.92 Å². The van der Waals surface area contributed by atoms with E-state index in [-0.39, 0.29) is 23.9 Å². The minimum Gasteiger partial charge on any atom is -0.351 e. The molecule has 1 aliphatic heterocycles. The van der Waals surface area contributed by atoms with Crippen LogP contribution in [0.1, 0.15) is 67.1 Å². The molecule has 3 heterocycles. The molecule has 0 saturated carbocycles. The van der Waals surface area contributed by atoms with Crippen LogP contribution < -0.4 is 10.9 Å². The Labute approximate surface area is 192 Å². The molecule has 1 aliphatic carbocycles.